The zero-order valence-electron chi connectivity index (χ0n) is 3.94. The fourth-order valence-corrected chi connectivity index (χ4v) is 0.467. The minimum absolute atomic E-state index is 0.0607. The lowest BCUT2D eigenvalue weighted by atomic mass is 10.6. The van der Waals surface area contributed by atoms with Crippen LogP contribution in [0, 0.1) is 0 Å². The van der Waals surface area contributed by atoms with Crippen LogP contribution in [0.1, 0.15) is 0 Å². The van der Waals surface area contributed by atoms with Gasteiger partial charge in [-0.05, 0) is 4.08 Å². The lowest BCUT2D eigenvalue weighted by molar-refractivity contribution is -0.116. The van der Waals surface area contributed by atoms with Crippen molar-refractivity contribution in [3.05, 3.63) is 10.2 Å². The van der Waals surface area contributed by atoms with Crippen LogP contribution in [0.2, 0.25) is 0 Å². The first kappa shape index (κ1) is 6.94. The van der Waals surface area contributed by atoms with Gasteiger partial charge in [0.2, 0.25) is 5.91 Å². The van der Waals surface area contributed by atoms with E-state index in [9.17, 15) is 4.79 Å². The van der Waals surface area contributed by atoms with Gasteiger partial charge in [0.25, 0.3) is 0 Å². The third kappa shape index (κ3) is 3.78. The highest BCUT2D eigenvalue weighted by atomic mass is 127. The minimum Gasteiger partial charge on any atom is -0.356 e. The molecule has 0 radical (unpaired) electrons. The Morgan fingerprint density at radius 2 is 2.43 bits per heavy atom. The van der Waals surface area contributed by atoms with Crippen molar-refractivity contribution in [2.24, 2.45) is 0 Å². The zero-order valence-corrected chi connectivity index (χ0v) is 6.10. The molecule has 0 aliphatic rings. The molecule has 0 aliphatic carbocycles. The minimum atomic E-state index is -0.0607. The van der Waals surface area contributed by atoms with E-state index in [2.05, 4.69) is 5.32 Å². The molecule has 0 unspecified atom stereocenters. The molecule has 0 heterocycles. The quantitative estimate of drug-likeness (QED) is 0.501. The maximum absolute atomic E-state index is 10.2. The third-order valence-corrected chi connectivity index (χ3v) is 0.820. The molecule has 0 bridgehead atoms. The second-order valence-corrected chi connectivity index (χ2v) is 1.63. The predicted octanol–water partition coefficient (Wildman–Crippen LogP) is 0.681. The van der Waals surface area contributed by atoms with E-state index >= 15 is 0 Å². The highest BCUT2D eigenvalue weighted by Crippen LogP contribution is 1.81. The molecule has 0 atom stereocenters. The number of amides is 1. The van der Waals surface area contributed by atoms with Gasteiger partial charge in [-0.15, -0.1) is 0 Å². The van der Waals surface area contributed by atoms with Crippen LogP contribution in [0.5, 0.6) is 0 Å². The van der Waals surface area contributed by atoms with Crippen molar-refractivity contribution in [3.8, 4) is 0 Å². The van der Waals surface area contributed by atoms with E-state index < -0.39 is 0 Å². The molecule has 1 N–H and O–H groups in total. The van der Waals surface area contributed by atoms with Crippen molar-refractivity contribution in [3.63, 3.8) is 0 Å². The Hall–Kier alpha value is -0.0600. The summed E-state index contributed by atoms with van der Waals surface area (Å²) in [6, 6.07) is 0. The monoisotopic (exact) mass is 211 g/mol. The first-order valence-corrected chi connectivity index (χ1v) is 3.04. The van der Waals surface area contributed by atoms with E-state index in [0.717, 1.165) is 0 Å². The smallest absolute Gasteiger partial charge is 0.244 e. The maximum Gasteiger partial charge on any atom is 0.244 e. The Morgan fingerprint density at radius 1 is 1.86 bits per heavy atom. The molecule has 0 aromatic rings. The Balaban J connectivity index is 3.37. The third-order valence-electron chi connectivity index (χ3n) is 0.461. The molecule has 7 heavy (non-hydrogen) atoms. The average Bonchev–Trinajstić information content (AvgIpc) is 1.68. The Labute approximate surface area is 56.1 Å². The van der Waals surface area contributed by atoms with Crippen LogP contribution >= 0.6 is 22.6 Å². The van der Waals surface area contributed by atoms with E-state index in [1.807, 2.05) is 22.6 Å². The molecule has 0 fully saturated rings. The zero-order chi connectivity index (χ0) is 5.70. The number of rotatable bonds is 1. The molecule has 0 saturated carbocycles. The molecule has 0 aliphatic heterocycles. The normalized spacial score (nSPS) is 9.43. The van der Waals surface area contributed by atoms with E-state index in [4.69, 9.17) is 0 Å². The van der Waals surface area contributed by atoms with Crippen molar-refractivity contribution in [2.75, 3.05) is 7.05 Å². The summed E-state index contributed by atoms with van der Waals surface area (Å²) in [5.41, 5.74) is 0. The van der Waals surface area contributed by atoms with Gasteiger partial charge >= 0.3 is 0 Å². The first-order valence-electron chi connectivity index (χ1n) is 1.79. The molecular formula is C4H6INO. The number of halogens is 1. The van der Waals surface area contributed by atoms with Gasteiger partial charge in [-0.3, -0.25) is 4.79 Å². The first-order chi connectivity index (χ1) is 3.31. The Morgan fingerprint density at radius 3 is 2.57 bits per heavy atom. The number of hydrogen-bond donors (Lipinski definition) is 1. The van der Waals surface area contributed by atoms with Crippen LogP contribution in [-0.4, -0.2) is 13.0 Å². The standard InChI is InChI=1S/C4H6INO/c1-6-4(7)2-3-5/h2-3H,1H3,(H,6,7)/b3-2-. The van der Waals surface area contributed by atoms with Crippen LogP contribution in [0.15, 0.2) is 10.2 Å². The molecule has 0 spiro atoms. The van der Waals surface area contributed by atoms with Gasteiger partial charge in [-0.1, -0.05) is 22.6 Å². The summed E-state index contributed by atoms with van der Waals surface area (Å²) in [4.78, 5) is 10.2. The lowest BCUT2D eigenvalue weighted by Crippen LogP contribution is -2.13. The van der Waals surface area contributed by atoms with Gasteiger partial charge in [0.05, 0.1) is 0 Å². The Kier molecular flexibility index (Phi) is 4.07. The molecule has 0 rings (SSSR count). The topological polar surface area (TPSA) is 29.1 Å². The van der Waals surface area contributed by atoms with Crippen molar-refractivity contribution in [1.29, 1.82) is 0 Å². The fraction of sp³-hybridized carbons (Fsp3) is 0.250. The summed E-state index contributed by atoms with van der Waals surface area (Å²) < 4.78 is 1.66. The molecule has 0 aromatic carbocycles. The average molecular weight is 211 g/mol. The van der Waals surface area contributed by atoms with Crippen LogP contribution < -0.4 is 5.32 Å². The second kappa shape index (κ2) is 4.11. The summed E-state index contributed by atoms with van der Waals surface area (Å²) in [7, 11) is 1.60. The predicted molar refractivity (Wildman–Crippen MR) is 37.2 cm³/mol. The largest absolute Gasteiger partial charge is 0.356 e. The van der Waals surface area contributed by atoms with Gasteiger partial charge in [0, 0.05) is 13.1 Å². The lowest BCUT2D eigenvalue weighted by Gasteiger charge is -1.83. The Bertz CT molecular complexity index is 89.7. The van der Waals surface area contributed by atoms with Crippen LogP contribution in [0.25, 0.3) is 0 Å². The summed E-state index contributed by atoms with van der Waals surface area (Å²) >= 11 is 1.98. The van der Waals surface area contributed by atoms with E-state index in [1.165, 1.54) is 6.08 Å². The number of nitrogens with one attached hydrogen (secondary N) is 1. The van der Waals surface area contributed by atoms with Crippen LogP contribution in [-0.2, 0) is 4.79 Å². The van der Waals surface area contributed by atoms with E-state index in [-0.39, 0.29) is 5.91 Å². The second-order valence-electron chi connectivity index (χ2n) is 0.907. The van der Waals surface area contributed by atoms with Gasteiger partial charge in [-0.2, -0.15) is 0 Å². The van der Waals surface area contributed by atoms with Gasteiger partial charge < -0.3 is 5.32 Å². The summed E-state index contributed by atoms with van der Waals surface area (Å²) in [5, 5.41) is 2.44. The molecular weight excluding hydrogens is 205 g/mol. The summed E-state index contributed by atoms with van der Waals surface area (Å²) in [6.07, 6.45) is 1.46. The molecule has 0 saturated heterocycles. The SMILES string of the molecule is CNC(=O)/C=C\I. The highest BCUT2D eigenvalue weighted by Gasteiger charge is 1.81. The molecule has 40 valence electrons. The summed E-state index contributed by atoms with van der Waals surface area (Å²) in [6.45, 7) is 0. The van der Waals surface area contributed by atoms with Crippen LogP contribution in [0.3, 0.4) is 0 Å². The van der Waals surface area contributed by atoms with Crippen molar-refractivity contribution < 1.29 is 4.79 Å². The van der Waals surface area contributed by atoms with Gasteiger partial charge in [0.1, 0.15) is 0 Å². The van der Waals surface area contributed by atoms with E-state index in [0.29, 0.717) is 0 Å². The van der Waals surface area contributed by atoms with Crippen molar-refractivity contribution >= 4 is 28.5 Å². The molecule has 0 aromatic heterocycles. The molecule has 1 amide bonds. The fourth-order valence-electron chi connectivity index (χ4n) is 0.141. The molecule has 3 heteroatoms. The number of carbonyl (C=O) groups excluding carboxylic acids is 1. The van der Waals surface area contributed by atoms with Gasteiger partial charge in [0.15, 0.2) is 0 Å². The molecule has 2 nitrogen and oxygen atoms in total. The van der Waals surface area contributed by atoms with Crippen LogP contribution in [0.4, 0.5) is 0 Å². The number of hydrogen-bond acceptors (Lipinski definition) is 1. The summed E-state index contributed by atoms with van der Waals surface area (Å²) in [5.74, 6) is -0.0607. The van der Waals surface area contributed by atoms with Crippen molar-refractivity contribution in [2.45, 2.75) is 0 Å². The number of likely N-dealkylation sites (N-methyl/N-ethyl adjacent to an activating group) is 1. The van der Waals surface area contributed by atoms with Crippen molar-refractivity contribution in [1.82, 2.24) is 5.32 Å². The highest BCUT2D eigenvalue weighted by molar-refractivity contribution is 14.1. The van der Waals surface area contributed by atoms with Gasteiger partial charge in [-0.25, -0.2) is 0 Å². The number of carbonyl (C=O) groups is 1. The van der Waals surface area contributed by atoms with E-state index in [1.54, 1.807) is 11.1 Å². The maximum atomic E-state index is 10.2.